The summed E-state index contributed by atoms with van der Waals surface area (Å²) in [7, 11) is 0. The largest absolute Gasteiger partial charge is 0.372 e. The average Bonchev–Trinajstić information content (AvgIpc) is 3.05. The maximum Gasteiger partial charge on any atom is 0.254 e. The van der Waals surface area contributed by atoms with E-state index < -0.39 is 0 Å². The van der Waals surface area contributed by atoms with Crippen molar-refractivity contribution >= 4 is 11.6 Å². The Bertz CT molecular complexity index is 937. The Morgan fingerprint density at radius 1 is 0.964 bits per heavy atom. The van der Waals surface area contributed by atoms with Crippen LogP contribution >= 0.6 is 0 Å². The van der Waals surface area contributed by atoms with Crippen LogP contribution in [0.3, 0.4) is 0 Å². The molecule has 2 aliphatic heterocycles. The van der Waals surface area contributed by atoms with E-state index >= 15 is 0 Å². The van der Waals surface area contributed by atoms with E-state index in [1.54, 1.807) is 24.3 Å². The van der Waals surface area contributed by atoms with Gasteiger partial charge < -0.3 is 9.80 Å². The molecule has 0 aromatic heterocycles. The maximum atomic E-state index is 13.2. The fourth-order valence-electron chi connectivity index (χ4n) is 5.21. The van der Waals surface area contributed by atoms with E-state index in [-0.39, 0.29) is 11.9 Å². The molecule has 142 valence electrons. The van der Waals surface area contributed by atoms with Crippen molar-refractivity contribution in [1.29, 1.82) is 5.26 Å². The first-order valence-electron chi connectivity index (χ1n) is 10.4. The van der Waals surface area contributed by atoms with Crippen molar-refractivity contribution in [3.63, 3.8) is 0 Å². The van der Waals surface area contributed by atoms with E-state index in [1.807, 2.05) is 0 Å². The average molecular weight is 371 g/mol. The Hall–Kier alpha value is -2.80. The number of hydrogen-bond donors (Lipinski definition) is 0. The van der Waals surface area contributed by atoms with E-state index in [4.69, 9.17) is 5.26 Å². The minimum Gasteiger partial charge on any atom is -0.372 e. The van der Waals surface area contributed by atoms with Gasteiger partial charge in [-0.05, 0) is 85.5 Å². The highest BCUT2D eigenvalue weighted by Gasteiger charge is 2.41. The molecule has 4 nitrogen and oxygen atoms in total. The Labute approximate surface area is 166 Å². The normalized spacial score (nSPS) is 23.2. The molecule has 28 heavy (non-hydrogen) atoms. The summed E-state index contributed by atoms with van der Waals surface area (Å²) in [5.74, 6) is 0.671. The first kappa shape index (κ1) is 17.3. The van der Waals surface area contributed by atoms with Crippen LogP contribution in [0.4, 0.5) is 5.69 Å². The highest BCUT2D eigenvalue weighted by Crippen LogP contribution is 2.50. The molecule has 3 aliphatic rings. The highest BCUT2D eigenvalue weighted by atomic mass is 16.2. The predicted molar refractivity (Wildman–Crippen MR) is 109 cm³/mol. The number of nitriles is 1. The number of hydrogen-bond acceptors (Lipinski definition) is 3. The lowest BCUT2D eigenvalue weighted by molar-refractivity contribution is 0.0620. The molecular weight excluding hydrogens is 346 g/mol. The van der Waals surface area contributed by atoms with Gasteiger partial charge in [0.05, 0.1) is 17.7 Å². The smallest absolute Gasteiger partial charge is 0.254 e. The Kier molecular flexibility index (Phi) is 4.31. The van der Waals surface area contributed by atoms with Crippen LogP contribution in [0.1, 0.15) is 71.1 Å². The summed E-state index contributed by atoms with van der Waals surface area (Å²) in [6.07, 6.45) is 5.95. The van der Waals surface area contributed by atoms with Crippen molar-refractivity contribution in [1.82, 2.24) is 4.90 Å². The topological polar surface area (TPSA) is 47.3 Å². The molecule has 0 saturated carbocycles. The number of amides is 1. The minimum atomic E-state index is 0.0872. The van der Waals surface area contributed by atoms with Crippen molar-refractivity contribution in [3.8, 4) is 6.07 Å². The van der Waals surface area contributed by atoms with E-state index in [2.05, 4.69) is 34.1 Å². The van der Waals surface area contributed by atoms with Gasteiger partial charge in [0.2, 0.25) is 0 Å². The summed E-state index contributed by atoms with van der Waals surface area (Å²) in [4.78, 5) is 17.8. The zero-order valence-corrected chi connectivity index (χ0v) is 16.1. The number of piperidine rings is 2. The highest BCUT2D eigenvalue weighted by molar-refractivity contribution is 5.95. The minimum absolute atomic E-state index is 0.0872. The lowest BCUT2D eigenvalue weighted by Crippen LogP contribution is -2.37. The number of rotatable bonds is 2. The standard InChI is InChI=1S/C24H25N3O/c25-16-17-4-6-18(7-5-17)24(28)27-13-10-19-14-23(27)22-15-20(8-9-21(19)22)26-11-2-1-3-12-26/h4-9,15,19,23H,1-3,10-14H2/t19-,23-/m1/s1. The molecule has 5 rings (SSSR count). The van der Waals surface area contributed by atoms with Crippen LogP contribution < -0.4 is 4.90 Å². The molecule has 4 heteroatoms. The van der Waals surface area contributed by atoms with Crippen LogP contribution in [0.2, 0.25) is 0 Å². The fourth-order valence-corrected chi connectivity index (χ4v) is 5.21. The zero-order chi connectivity index (χ0) is 19.1. The lowest BCUT2D eigenvalue weighted by Gasteiger charge is -2.34. The fraction of sp³-hybridized carbons (Fsp3) is 0.417. The summed E-state index contributed by atoms with van der Waals surface area (Å²) in [6.45, 7) is 3.09. The molecule has 0 radical (unpaired) electrons. The number of benzene rings is 2. The molecule has 2 atom stereocenters. The summed E-state index contributed by atoms with van der Waals surface area (Å²) in [6, 6.07) is 16.3. The molecule has 2 saturated heterocycles. The SMILES string of the molecule is N#Cc1ccc(C(=O)N2CC[C@@H]3C[C@@H]2c2cc(N4CCCCC4)ccc23)cc1. The van der Waals surface area contributed by atoms with Crippen LogP contribution in [0.5, 0.6) is 0 Å². The number of fused-ring (bicyclic) bond motifs is 5. The van der Waals surface area contributed by atoms with Gasteiger partial charge in [-0.25, -0.2) is 0 Å². The summed E-state index contributed by atoms with van der Waals surface area (Å²) in [5.41, 5.74) is 5.39. The monoisotopic (exact) mass is 371 g/mol. The van der Waals surface area contributed by atoms with Gasteiger partial charge in [0.25, 0.3) is 5.91 Å². The Morgan fingerprint density at radius 2 is 1.75 bits per heavy atom. The Morgan fingerprint density at radius 3 is 2.50 bits per heavy atom. The summed E-state index contributed by atoms with van der Waals surface area (Å²) >= 11 is 0. The van der Waals surface area contributed by atoms with Crippen molar-refractivity contribution < 1.29 is 4.79 Å². The van der Waals surface area contributed by atoms with Crippen molar-refractivity contribution in [2.45, 2.75) is 44.1 Å². The molecule has 2 bridgehead atoms. The second kappa shape index (κ2) is 6.98. The van der Waals surface area contributed by atoms with E-state index in [0.717, 1.165) is 32.5 Å². The van der Waals surface area contributed by atoms with Crippen LogP contribution in [0.15, 0.2) is 42.5 Å². The molecular formula is C24H25N3O. The van der Waals surface area contributed by atoms with Gasteiger partial charge in [-0.1, -0.05) is 6.07 Å². The van der Waals surface area contributed by atoms with E-state index in [9.17, 15) is 4.79 Å². The van der Waals surface area contributed by atoms with Crippen molar-refractivity contribution in [2.24, 2.45) is 0 Å². The van der Waals surface area contributed by atoms with Gasteiger partial charge in [0.1, 0.15) is 0 Å². The summed E-state index contributed by atoms with van der Waals surface area (Å²) in [5, 5.41) is 8.99. The van der Waals surface area contributed by atoms with Crippen LogP contribution in [-0.2, 0) is 0 Å². The third kappa shape index (κ3) is 2.86. The van der Waals surface area contributed by atoms with Gasteiger partial charge >= 0.3 is 0 Å². The van der Waals surface area contributed by atoms with Gasteiger partial charge in [-0.2, -0.15) is 5.26 Å². The predicted octanol–water partition coefficient (Wildman–Crippen LogP) is 4.62. The van der Waals surface area contributed by atoms with Gasteiger partial charge in [0, 0.05) is 30.9 Å². The first-order chi connectivity index (χ1) is 13.7. The third-order valence-electron chi connectivity index (χ3n) is 6.71. The van der Waals surface area contributed by atoms with Crippen LogP contribution in [-0.4, -0.2) is 30.4 Å². The lowest BCUT2D eigenvalue weighted by atomic mass is 9.95. The molecule has 0 unspecified atom stereocenters. The number of anilines is 1. The molecule has 1 aliphatic carbocycles. The number of nitrogens with zero attached hydrogens (tertiary/aromatic N) is 3. The van der Waals surface area contributed by atoms with Crippen LogP contribution in [0.25, 0.3) is 0 Å². The quantitative estimate of drug-likeness (QED) is 0.774. The molecule has 0 spiro atoms. The van der Waals surface area contributed by atoms with Crippen LogP contribution in [0, 0.1) is 11.3 Å². The Balaban J connectivity index is 1.44. The number of carbonyl (C=O) groups excluding carboxylic acids is 1. The molecule has 2 fully saturated rings. The number of likely N-dealkylation sites (tertiary alicyclic amines) is 1. The zero-order valence-electron chi connectivity index (χ0n) is 16.1. The molecule has 2 heterocycles. The second-order valence-corrected chi connectivity index (χ2v) is 8.29. The first-order valence-corrected chi connectivity index (χ1v) is 10.4. The summed E-state index contributed by atoms with van der Waals surface area (Å²) < 4.78 is 0. The molecule has 0 N–H and O–H groups in total. The van der Waals surface area contributed by atoms with E-state index in [0.29, 0.717) is 17.0 Å². The second-order valence-electron chi connectivity index (χ2n) is 8.29. The van der Waals surface area contributed by atoms with Gasteiger partial charge in [-0.15, -0.1) is 0 Å². The van der Waals surface area contributed by atoms with Crippen molar-refractivity contribution in [2.75, 3.05) is 24.5 Å². The van der Waals surface area contributed by atoms with Gasteiger partial charge in [-0.3, -0.25) is 4.79 Å². The molecule has 2 aromatic carbocycles. The third-order valence-corrected chi connectivity index (χ3v) is 6.71. The van der Waals surface area contributed by atoms with Crippen molar-refractivity contribution in [3.05, 3.63) is 64.7 Å². The number of carbonyl (C=O) groups is 1. The maximum absolute atomic E-state index is 13.2. The molecule has 2 aromatic rings. The van der Waals surface area contributed by atoms with Gasteiger partial charge in [0.15, 0.2) is 0 Å². The molecule has 1 amide bonds. The van der Waals surface area contributed by atoms with E-state index in [1.165, 1.54) is 36.1 Å².